The van der Waals surface area contributed by atoms with E-state index in [0.717, 1.165) is 56.3 Å². The Bertz CT molecular complexity index is 2940. The Kier molecular flexibility index (Phi) is 11.8. The van der Waals surface area contributed by atoms with Crippen molar-refractivity contribution in [3.05, 3.63) is 204 Å². The van der Waals surface area contributed by atoms with Gasteiger partial charge in [-0.1, -0.05) is 114 Å². The third kappa shape index (κ3) is 9.61. The number of aromatic nitrogens is 4. The molecule has 316 valence electrons. The molecule has 12 nitrogen and oxygen atoms in total. The van der Waals surface area contributed by atoms with Crippen molar-refractivity contribution in [2.75, 3.05) is 21.3 Å². The molecule has 2 aliphatic heterocycles. The number of nitrogens with one attached hydrogen (secondary N) is 6. The Morgan fingerprint density at radius 2 is 0.922 bits per heavy atom. The molecule has 8 aromatic rings. The molecule has 12 heteroatoms. The Morgan fingerprint density at radius 3 is 1.39 bits per heavy atom. The minimum atomic E-state index is -0.146. The smallest absolute Gasteiger partial charge is 0.257 e. The van der Waals surface area contributed by atoms with E-state index < -0.39 is 0 Å². The number of ether oxygens (including phenoxy) is 2. The average molecular weight is 845 g/mol. The van der Waals surface area contributed by atoms with Crippen molar-refractivity contribution in [2.24, 2.45) is 0 Å². The van der Waals surface area contributed by atoms with Crippen molar-refractivity contribution in [2.45, 2.75) is 27.1 Å². The van der Waals surface area contributed by atoms with Gasteiger partial charge in [0.05, 0.1) is 22.5 Å². The number of H-pyrrole nitrogens is 2. The van der Waals surface area contributed by atoms with Crippen LogP contribution in [0.1, 0.15) is 33.4 Å². The second-order valence-corrected chi connectivity index (χ2v) is 15.4. The Balaban J connectivity index is 0.000000178. The number of carbonyl (C=O) groups is 2. The summed E-state index contributed by atoms with van der Waals surface area (Å²) in [5.74, 6) is 2.49. The topological polar surface area (TPSA) is 158 Å². The molecule has 0 radical (unpaired) electrons. The molecule has 2 aliphatic rings. The first-order chi connectivity index (χ1) is 31.3. The van der Waals surface area contributed by atoms with Crippen LogP contribution in [-0.2, 0) is 22.8 Å². The number of nitrogens with zero attached hydrogens (tertiary/aromatic N) is 2. The van der Waals surface area contributed by atoms with Crippen molar-refractivity contribution in [3.8, 4) is 34.0 Å². The zero-order valence-corrected chi connectivity index (χ0v) is 35.1. The van der Waals surface area contributed by atoms with Gasteiger partial charge in [-0.05, 0) is 61.4 Å². The van der Waals surface area contributed by atoms with E-state index in [9.17, 15) is 9.59 Å². The van der Waals surface area contributed by atoms with Crippen LogP contribution in [0.2, 0.25) is 0 Å². The molecule has 0 atom stereocenters. The van der Waals surface area contributed by atoms with Gasteiger partial charge in [-0.25, -0.2) is 0 Å². The zero-order valence-electron chi connectivity index (χ0n) is 35.1. The van der Waals surface area contributed by atoms with Crippen molar-refractivity contribution >= 4 is 46.0 Å². The van der Waals surface area contributed by atoms with Gasteiger partial charge in [0.2, 0.25) is 0 Å². The molecule has 0 saturated carbocycles. The summed E-state index contributed by atoms with van der Waals surface area (Å²) in [4.78, 5) is 24.5. The highest BCUT2D eigenvalue weighted by Gasteiger charge is 2.24. The maximum atomic E-state index is 12.4. The highest BCUT2D eigenvalue weighted by atomic mass is 16.5. The van der Waals surface area contributed by atoms with E-state index in [4.69, 9.17) is 9.47 Å². The first-order valence-corrected chi connectivity index (χ1v) is 20.7. The lowest BCUT2D eigenvalue weighted by Gasteiger charge is -2.12. The molecule has 0 aliphatic carbocycles. The van der Waals surface area contributed by atoms with Crippen LogP contribution in [0.15, 0.2) is 170 Å². The minimum absolute atomic E-state index is 0.109. The molecule has 6 N–H and O–H groups in total. The lowest BCUT2D eigenvalue weighted by Crippen LogP contribution is -2.05. The predicted octanol–water partition coefficient (Wildman–Crippen LogP) is 10.7. The van der Waals surface area contributed by atoms with Crippen LogP contribution in [0, 0.1) is 13.8 Å². The molecule has 6 aromatic carbocycles. The summed E-state index contributed by atoms with van der Waals surface area (Å²) >= 11 is 0. The highest BCUT2D eigenvalue weighted by Crippen LogP contribution is 2.34. The fraction of sp³-hybridized carbons (Fsp3) is 0.0769. The third-order valence-corrected chi connectivity index (χ3v) is 10.5. The Hall–Kier alpha value is -8.64. The van der Waals surface area contributed by atoms with Gasteiger partial charge in [-0.3, -0.25) is 19.8 Å². The second kappa shape index (κ2) is 18.5. The van der Waals surface area contributed by atoms with Crippen LogP contribution < -0.4 is 30.7 Å². The summed E-state index contributed by atoms with van der Waals surface area (Å²) in [6.07, 6.45) is 3.40. The maximum absolute atomic E-state index is 12.4. The van der Waals surface area contributed by atoms with Crippen LogP contribution in [0.3, 0.4) is 0 Å². The number of anilines is 4. The quantitative estimate of drug-likeness (QED) is 0.0663. The third-order valence-electron chi connectivity index (χ3n) is 10.5. The van der Waals surface area contributed by atoms with Gasteiger partial charge in [-0.15, -0.1) is 0 Å². The number of fused-ring (bicyclic) bond motifs is 2. The number of benzene rings is 6. The van der Waals surface area contributed by atoms with Crippen molar-refractivity contribution in [3.63, 3.8) is 0 Å². The number of hydrogen-bond acceptors (Lipinski definition) is 8. The average Bonchev–Trinajstić information content (AvgIpc) is 4.12. The molecule has 2 aromatic heterocycles. The first kappa shape index (κ1) is 40.7. The van der Waals surface area contributed by atoms with Crippen LogP contribution in [0.25, 0.3) is 33.7 Å². The SMILES string of the molecule is Cc1cc(C)cc(-c2cc(NC=C3C(=O)Nc4ccccc43)[nH]n2)c1.O=C1Nc2ccccc2C1=CNc1cc(-c2cc(OCc3ccccc3)cc(OCc3ccccc3)c2)n[nH]1. The molecular formula is C52H44N8O4. The van der Waals surface area contributed by atoms with Crippen molar-refractivity contribution < 1.29 is 19.1 Å². The highest BCUT2D eigenvalue weighted by molar-refractivity contribution is 6.32. The van der Waals surface area contributed by atoms with E-state index in [1.54, 1.807) is 12.4 Å². The summed E-state index contributed by atoms with van der Waals surface area (Å²) in [5, 5.41) is 26.8. The first-order valence-electron chi connectivity index (χ1n) is 20.7. The summed E-state index contributed by atoms with van der Waals surface area (Å²) in [7, 11) is 0. The number of rotatable bonds is 12. The van der Waals surface area contributed by atoms with Gasteiger partial charge in [0.15, 0.2) is 0 Å². The van der Waals surface area contributed by atoms with Gasteiger partial charge in [0.25, 0.3) is 11.8 Å². The molecule has 4 heterocycles. The van der Waals surface area contributed by atoms with E-state index in [-0.39, 0.29) is 11.8 Å². The molecule has 0 spiro atoms. The van der Waals surface area contributed by atoms with Gasteiger partial charge in [0, 0.05) is 64.2 Å². The molecule has 0 unspecified atom stereocenters. The molecule has 0 fully saturated rings. The lowest BCUT2D eigenvalue weighted by atomic mass is 10.1. The maximum Gasteiger partial charge on any atom is 0.257 e. The number of aromatic amines is 2. The number of carbonyl (C=O) groups excluding carboxylic acids is 2. The monoisotopic (exact) mass is 844 g/mol. The molecule has 10 rings (SSSR count). The second-order valence-electron chi connectivity index (χ2n) is 15.4. The zero-order chi connectivity index (χ0) is 43.8. The number of hydrogen-bond donors (Lipinski definition) is 6. The molecule has 64 heavy (non-hydrogen) atoms. The van der Waals surface area contributed by atoms with Gasteiger partial charge < -0.3 is 30.7 Å². The summed E-state index contributed by atoms with van der Waals surface area (Å²) in [6, 6.07) is 51.2. The normalized spacial score (nSPS) is 13.7. The summed E-state index contributed by atoms with van der Waals surface area (Å²) in [5.41, 5.74) is 12.6. The summed E-state index contributed by atoms with van der Waals surface area (Å²) in [6.45, 7) is 5.02. The predicted molar refractivity (Wildman–Crippen MR) is 252 cm³/mol. The van der Waals surface area contributed by atoms with E-state index >= 15 is 0 Å². The van der Waals surface area contributed by atoms with Crippen molar-refractivity contribution in [1.82, 2.24) is 20.4 Å². The minimum Gasteiger partial charge on any atom is -0.489 e. The Morgan fingerprint density at radius 1 is 0.500 bits per heavy atom. The number of aryl methyl sites for hydroxylation is 2. The van der Waals surface area contributed by atoms with Crippen molar-refractivity contribution in [1.29, 1.82) is 0 Å². The van der Waals surface area contributed by atoms with Crippen LogP contribution >= 0.6 is 0 Å². The molecule has 0 bridgehead atoms. The number of amides is 2. The lowest BCUT2D eigenvalue weighted by molar-refractivity contribution is -0.111. The van der Waals surface area contributed by atoms with Gasteiger partial charge in [-0.2, -0.15) is 10.2 Å². The van der Waals surface area contributed by atoms with E-state index in [2.05, 4.69) is 73.7 Å². The van der Waals surface area contributed by atoms with Crippen LogP contribution in [0.4, 0.5) is 23.0 Å². The van der Waals surface area contributed by atoms with Gasteiger partial charge in [0.1, 0.15) is 36.3 Å². The van der Waals surface area contributed by atoms with Crippen LogP contribution in [0.5, 0.6) is 11.5 Å². The van der Waals surface area contributed by atoms with E-state index in [1.807, 2.05) is 140 Å². The number of para-hydroxylation sites is 2. The Labute approximate surface area is 370 Å². The fourth-order valence-corrected chi connectivity index (χ4v) is 7.44. The fourth-order valence-electron chi connectivity index (χ4n) is 7.44. The molecule has 2 amide bonds. The van der Waals surface area contributed by atoms with E-state index in [1.165, 1.54) is 11.1 Å². The molecular weight excluding hydrogens is 801 g/mol. The standard InChI is InChI=1S/C32H26N4O3.C20H18N4O/c37-32-28(27-13-7-8-14-29(27)34-32)19-33-31-18-30(35-36-31)24-15-25(38-20-22-9-3-1-4-10-22)17-26(16-24)39-21-23-11-5-2-6-12-23;1-12-7-13(2)9-14(8-12)18-10-19(24-23-18)21-11-16-15-5-3-4-6-17(15)22-20(16)25/h1-19H,20-21H2,(H,34,37)(H2,33,35,36);3-11H,1-2H3,(H,22,25)(H2,21,23,24). The van der Waals surface area contributed by atoms with Crippen LogP contribution in [-0.4, -0.2) is 32.2 Å². The summed E-state index contributed by atoms with van der Waals surface area (Å²) < 4.78 is 12.3. The van der Waals surface area contributed by atoms with Gasteiger partial charge >= 0.3 is 0 Å². The molecule has 0 saturated heterocycles. The van der Waals surface area contributed by atoms with E-state index in [0.29, 0.717) is 47.4 Å². The largest absolute Gasteiger partial charge is 0.489 e.